The van der Waals surface area contributed by atoms with Gasteiger partial charge in [-0.25, -0.2) is 4.39 Å². The zero-order valence-electron chi connectivity index (χ0n) is 12.8. The van der Waals surface area contributed by atoms with Crippen molar-refractivity contribution in [2.75, 3.05) is 20.2 Å². The molecule has 0 amide bonds. The largest absolute Gasteiger partial charge is 0.494 e. The minimum absolute atomic E-state index is 0.279. The second-order valence-electron chi connectivity index (χ2n) is 6.62. The van der Waals surface area contributed by atoms with E-state index in [4.69, 9.17) is 4.74 Å². The van der Waals surface area contributed by atoms with Gasteiger partial charge in [0.1, 0.15) is 0 Å². The fraction of sp³-hybridized carbons (Fsp3) is 0.647. The Bertz CT molecular complexity index is 518. The number of likely N-dealkylation sites (tertiary alicyclic amines) is 1. The summed E-state index contributed by atoms with van der Waals surface area (Å²) >= 11 is 0. The normalized spacial score (nSPS) is 30.4. The predicted octanol–water partition coefficient (Wildman–Crippen LogP) is 2.82. The molecule has 1 aliphatic carbocycles. The molecule has 1 N–H and O–H groups in total. The van der Waals surface area contributed by atoms with Crippen molar-refractivity contribution in [3.63, 3.8) is 0 Å². The van der Waals surface area contributed by atoms with E-state index in [1.807, 2.05) is 6.07 Å². The van der Waals surface area contributed by atoms with Crippen LogP contribution in [0.15, 0.2) is 18.2 Å². The van der Waals surface area contributed by atoms with Gasteiger partial charge in [0.25, 0.3) is 0 Å². The Morgan fingerprint density at radius 2 is 2.19 bits per heavy atom. The molecule has 1 aromatic carbocycles. The summed E-state index contributed by atoms with van der Waals surface area (Å²) in [6.07, 6.45) is 3.17. The predicted molar refractivity (Wildman–Crippen MR) is 79.7 cm³/mol. The van der Waals surface area contributed by atoms with Crippen molar-refractivity contribution < 1.29 is 14.2 Å². The van der Waals surface area contributed by atoms with E-state index in [2.05, 4.69) is 11.8 Å². The Labute approximate surface area is 125 Å². The summed E-state index contributed by atoms with van der Waals surface area (Å²) in [5, 5.41) is 10.8. The fourth-order valence-corrected chi connectivity index (χ4v) is 3.62. The SMILES string of the molecule is COc1ccc(CN2CC[C@@](O)(C3CC3)[C@H](C)C2)cc1F. The average Bonchev–Trinajstić information content (AvgIpc) is 3.28. The van der Waals surface area contributed by atoms with Crippen LogP contribution >= 0.6 is 0 Å². The molecule has 1 aromatic rings. The van der Waals surface area contributed by atoms with Gasteiger partial charge in [0.15, 0.2) is 11.6 Å². The van der Waals surface area contributed by atoms with E-state index >= 15 is 0 Å². The molecule has 1 saturated heterocycles. The van der Waals surface area contributed by atoms with E-state index in [0.717, 1.165) is 31.6 Å². The van der Waals surface area contributed by atoms with Gasteiger partial charge in [0, 0.05) is 19.6 Å². The molecule has 3 nitrogen and oxygen atoms in total. The number of methoxy groups -OCH3 is 1. The summed E-state index contributed by atoms with van der Waals surface area (Å²) < 4.78 is 18.7. The van der Waals surface area contributed by atoms with Crippen LogP contribution in [-0.2, 0) is 6.54 Å². The minimum atomic E-state index is -0.471. The smallest absolute Gasteiger partial charge is 0.165 e. The van der Waals surface area contributed by atoms with Crippen molar-refractivity contribution in [3.8, 4) is 5.75 Å². The molecule has 2 aliphatic rings. The van der Waals surface area contributed by atoms with Crippen molar-refractivity contribution in [1.29, 1.82) is 0 Å². The highest BCUT2D eigenvalue weighted by atomic mass is 19.1. The zero-order valence-corrected chi connectivity index (χ0v) is 12.8. The number of nitrogens with zero attached hydrogens (tertiary/aromatic N) is 1. The molecule has 21 heavy (non-hydrogen) atoms. The van der Waals surface area contributed by atoms with E-state index in [1.165, 1.54) is 20.0 Å². The van der Waals surface area contributed by atoms with Gasteiger partial charge in [-0.2, -0.15) is 0 Å². The van der Waals surface area contributed by atoms with E-state index in [-0.39, 0.29) is 17.5 Å². The van der Waals surface area contributed by atoms with Crippen molar-refractivity contribution in [1.82, 2.24) is 4.90 Å². The molecule has 2 atom stereocenters. The van der Waals surface area contributed by atoms with Crippen molar-refractivity contribution in [2.45, 2.75) is 38.3 Å². The standard InChI is InChI=1S/C17H24FNO2/c1-12-10-19(8-7-17(12,20)14-4-5-14)11-13-3-6-16(21-2)15(18)9-13/h3,6,9,12,14,20H,4-5,7-8,10-11H2,1-2H3/t12-,17+/m1/s1. The lowest BCUT2D eigenvalue weighted by Gasteiger charge is -2.43. The highest BCUT2D eigenvalue weighted by molar-refractivity contribution is 5.29. The summed E-state index contributed by atoms with van der Waals surface area (Å²) in [6, 6.07) is 5.14. The third-order valence-corrected chi connectivity index (χ3v) is 5.12. The number of hydrogen-bond acceptors (Lipinski definition) is 3. The molecular weight excluding hydrogens is 269 g/mol. The molecule has 1 heterocycles. The zero-order chi connectivity index (χ0) is 15.0. The molecule has 2 fully saturated rings. The first-order valence-corrected chi connectivity index (χ1v) is 7.80. The molecule has 1 aliphatic heterocycles. The van der Waals surface area contributed by atoms with Gasteiger partial charge in [0.2, 0.25) is 0 Å². The summed E-state index contributed by atoms with van der Waals surface area (Å²) in [5.41, 5.74) is 0.485. The van der Waals surface area contributed by atoms with Crippen LogP contribution in [0.25, 0.3) is 0 Å². The molecule has 0 spiro atoms. The van der Waals surface area contributed by atoms with Crippen LogP contribution in [0.5, 0.6) is 5.75 Å². The molecule has 0 unspecified atom stereocenters. The minimum Gasteiger partial charge on any atom is -0.494 e. The van der Waals surface area contributed by atoms with E-state index < -0.39 is 5.60 Å². The number of rotatable bonds is 4. The maximum absolute atomic E-state index is 13.7. The lowest BCUT2D eigenvalue weighted by Crippen LogP contribution is -2.51. The molecule has 4 heteroatoms. The topological polar surface area (TPSA) is 32.7 Å². The molecule has 0 aromatic heterocycles. The van der Waals surface area contributed by atoms with E-state index in [0.29, 0.717) is 5.92 Å². The number of halogens is 1. The summed E-state index contributed by atoms with van der Waals surface area (Å²) in [5.74, 6) is 0.762. The highest BCUT2D eigenvalue weighted by Gasteiger charge is 2.49. The molecule has 116 valence electrons. The average molecular weight is 293 g/mol. The lowest BCUT2D eigenvalue weighted by atomic mass is 9.78. The summed E-state index contributed by atoms with van der Waals surface area (Å²) in [6.45, 7) is 4.62. The van der Waals surface area contributed by atoms with Gasteiger partial charge in [0.05, 0.1) is 12.7 Å². The van der Waals surface area contributed by atoms with Crippen LogP contribution < -0.4 is 4.74 Å². The third-order valence-electron chi connectivity index (χ3n) is 5.12. The van der Waals surface area contributed by atoms with E-state index in [1.54, 1.807) is 12.1 Å². The molecule has 0 radical (unpaired) electrons. The van der Waals surface area contributed by atoms with Crippen LogP contribution in [0.4, 0.5) is 4.39 Å². The van der Waals surface area contributed by atoms with Gasteiger partial charge in [-0.15, -0.1) is 0 Å². The van der Waals surface area contributed by atoms with Crippen molar-refractivity contribution in [3.05, 3.63) is 29.6 Å². The fourth-order valence-electron chi connectivity index (χ4n) is 3.62. The van der Waals surface area contributed by atoms with Gasteiger partial charge in [-0.3, -0.25) is 4.90 Å². The van der Waals surface area contributed by atoms with Gasteiger partial charge >= 0.3 is 0 Å². The lowest BCUT2D eigenvalue weighted by molar-refractivity contribution is -0.0832. The Balaban J connectivity index is 1.63. The monoisotopic (exact) mass is 293 g/mol. The first-order valence-electron chi connectivity index (χ1n) is 7.80. The second-order valence-corrected chi connectivity index (χ2v) is 6.62. The Morgan fingerprint density at radius 1 is 1.43 bits per heavy atom. The second kappa shape index (κ2) is 5.58. The Morgan fingerprint density at radius 3 is 2.76 bits per heavy atom. The summed E-state index contributed by atoms with van der Waals surface area (Å²) in [7, 11) is 1.48. The van der Waals surface area contributed by atoms with Crippen molar-refractivity contribution >= 4 is 0 Å². The van der Waals surface area contributed by atoms with Gasteiger partial charge in [-0.1, -0.05) is 13.0 Å². The first kappa shape index (κ1) is 14.8. The van der Waals surface area contributed by atoms with Crippen LogP contribution in [0.1, 0.15) is 31.7 Å². The third kappa shape index (κ3) is 2.92. The highest BCUT2D eigenvalue weighted by Crippen LogP contribution is 2.47. The molecule has 1 saturated carbocycles. The van der Waals surface area contributed by atoms with Crippen LogP contribution in [0, 0.1) is 17.7 Å². The number of ether oxygens (including phenoxy) is 1. The van der Waals surface area contributed by atoms with Crippen molar-refractivity contribution in [2.24, 2.45) is 11.8 Å². The maximum atomic E-state index is 13.7. The molecular formula is C17H24FNO2. The summed E-state index contributed by atoms with van der Waals surface area (Å²) in [4.78, 5) is 2.31. The Kier molecular flexibility index (Phi) is 3.93. The number of hydrogen-bond donors (Lipinski definition) is 1. The maximum Gasteiger partial charge on any atom is 0.165 e. The number of benzene rings is 1. The van der Waals surface area contributed by atoms with Gasteiger partial charge < -0.3 is 9.84 Å². The first-order chi connectivity index (χ1) is 10.0. The quantitative estimate of drug-likeness (QED) is 0.926. The number of piperidine rings is 1. The van der Waals surface area contributed by atoms with Crippen LogP contribution in [0.3, 0.4) is 0 Å². The van der Waals surface area contributed by atoms with Crippen LogP contribution in [-0.4, -0.2) is 35.8 Å². The molecule has 3 rings (SSSR count). The van der Waals surface area contributed by atoms with Gasteiger partial charge in [-0.05, 0) is 48.8 Å². The molecule has 0 bridgehead atoms. The van der Waals surface area contributed by atoms with Crippen LogP contribution in [0.2, 0.25) is 0 Å². The van der Waals surface area contributed by atoms with E-state index in [9.17, 15) is 9.50 Å². The number of aliphatic hydroxyl groups is 1. The Hall–Kier alpha value is -1.13.